The maximum Gasteiger partial charge on any atom is 0.415 e. The van der Waals surface area contributed by atoms with Crippen molar-refractivity contribution in [3.05, 3.63) is 63.6 Å². The van der Waals surface area contributed by atoms with Gasteiger partial charge in [-0.15, -0.1) is 0 Å². The van der Waals surface area contributed by atoms with E-state index in [1.807, 2.05) is 0 Å². The van der Waals surface area contributed by atoms with Gasteiger partial charge in [-0.25, -0.2) is 18.0 Å². The van der Waals surface area contributed by atoms with Crippen LogP contribution in [0.5, 0.6) is 6.01 Å². The minimum atomic E-state index is -1.26. The van der Waals surface area contributed by atoms with Gasteiger partial charge in [-0.3, -0.25) is 14.4 Å². The topological polar surface area (TPSA) is 114 Å². The van der Waals surface area contributed by atoms with Crippen LogP contribution in [0.4, 0.5) is 23.8 Å². The van der Waals surface area contributed by atoms with Gasteiger partial charge in [0.15, 0.2) is 0 Å². The molecule has 2 unspecified atom stereocenters. The predicted molar refractivity (Wildman–Crippen MR) is 112 cm³/mol. The van der Waals surface area contributed by atoms with Crippen LogP contribution in [-0.2, 0) is 6.54 Å². The van der Waals surface area contributed by atoms with Gasteiger partial charge < -0.3 is 20.0 Å². The third-order valence-electron chi connectivity index (χ3n) is 5.97. The zero-order valence-corrected chi connectivity index (χ0v) is 18.3. The summed E-state index contributed by atoms with van der Waals surface area (Å²) in [5.41, 5.74) is -1.43. The first kappa shape index (κ1) is 23.5. The second kappa shape index (κ2) is 8.63. The number of nitro groups is 1. The monoisotopic (exact) mass is 481 g/mol. The largest absolute Gasteiger partial charge is 0.465 e. The lowest BCUT2D eigenvalue weighted by molar-refractivity contribution is -0.389. The Balaban J connectivity index is 1.71. The van der Waals surface area contributed by atoms with Crippen LogP contribution >= 0.6 is 0 Å². The Bertz CT molecular complexity index is 1120. The maximum absolute atomic E-state index is 14.9. The van der Waals surface area contributed by atoms with E-state index in [4.69, 9.17) is 4.74 Å². The minimum Gasteiger partial charge on any atom is -0.465 e. The van der Waals surface area contributed by atoms with Gasteiger partial charge in [0.25, 0.3) is 0 Å². The van der Waals surface area contributed by atoms with E-state index in [0.29, 0.717) is 12.1 Å². The van der Waals surface area contributed by atoms with E-state index >= 15 is 0 Å². The summed E-state index contributed by atoms with van der Waals surface area (Å²) >= 11 is 0. The Morgan fingerprint density at radius 3 is 2.59 bits per heavy atom. The summed E-state index contributed by atoms with van der Waals surface area (Å²) < 4.78 is 50.8. The summed E-state index contributed by atoms with van der Waals surface area (Å²) in [6.45, 7) is 3.81. The van der Waals surface area contributed by atoms with Crippen molar-refractivity contribution in [1.29, 1.82) is 0 Å². The van der Waals surface area contributed by atoms with Crippen molar-refractivity contribution in [1.82, 2.24) is 19.4 Å². The molecule has 1 N–H and O–H groups in total. The van der Waals surface area contributed by atoms with Crippen molar-refractivity contribution in [2.45, 2.75) is 38.1 Å². The number of imidazole rings is 1. The smallest absolute Gasteiger partial charge is 0.415 e. The van der Waals surface area contributed by atoms with Gasteiger partial charge >= 0.3 is 17.9 Å². The highest BCUT2D eigenvalue weighted by Crippen LogP contribution is 2.39. The molecule has 1 saturated heterocycles. The number of rotatable bonds is 5. The molecule has 2 aliphatic heterocycles. The third kappa shape index (κ3) is 4.18. The molecule has 34 heavy (non-hydrogen) atoms. The molecule has 0 saturated carbocycles. The first-order valence-electron chi connectivity index (χ1n) is 10.4. The molecular formula is C21H22F3N5O5. The highest BCUT2D eigenvalue weighted by atomic mass is 19.1. The van der Waals surface area contributed by atoms with Crippen molar-refractivity contribution in [3.63, 3.8) is 0 Å². The van der Waals surface area contributed by atoms with Gasteiger partial charge in [-0.2, -0.15) is 0 Å². The van der Waals surface area contributed by atoms with Gasteiger partial charge in [-0.05, 0) is 18.8 Å². The van der Waals surface area contributed by atoms with Crippen LogP contribution in [0.25, 0.3) is 0 Å². The fourth-order valence-electron chi connectivity index (χ4n) is 4.70. The Morgan fingerprint density at radius 1 is 1.35 bits per heavy atom. The fraction of sp³-hybridized carbons (Fsp3) is 0.429. The molecule has 2 aromatic rings. The van der Waals surface area contributed by atoms with Gasteiger partial charge in [0.1, 0.15) is 29.2 Å². The molecule has 182 valence electrons. The summed E-state index contributed by atoms with van der Waals surface area (Å²) in [6.07, 6.45) is 3.09. The molecule has 0 radical (unpaired) electrons. The number of allylic oxidation sites excluding steroid dienone is 1. The Labute approximate surface area is 192 Å². The molecule has 4 rings (SSSR count). The van der Waals surface area contributed by atoms with Crippen molar-refractivity contribution in [2.24, 2.45) is 0 Å². The van der Waals surface area contributed by atoms with Gasteiger partial charge in [0, 0.05) is 42.3 Å². The Morgan fingerprint density at radius 2 is 2.03 bits per heavy atom. The molecule has 0 spiro atoms. The summed E-state index contributed by atoms with van der Waals surface area (Å²) in [4.78, 5) is 28.8. The Hall–Kier alpha value is -3.61. The van der Waals surface area contributed by atoms with Gasteiger partial charge in [0.05, 0.1) is 18.6 Å². The molecule has 1 amide bonds. The number of fused-ring (bicyclic) bond motifs is 1. The van der Waals surface area contributed by atoms with E-state index < -0.39 is 51.7 Å². The number of nitrogens with zero attached hydrogens (tertiary/aromatic N) is 5. The summed E-state index contributed by atoms with van der Waals surface area (Å²) in [6, 6.07) is -0.922. The lowest BCUT2D eigenvalue weighted by atomic mass is 9.91. The number of hydrogen-bond donors (Lipinski definition) is 1. The van der Waals surface area contributed by atoms with Gasteiger partial charge in [0.2, 0.25) is 0 Å². The molecular weight excluding hydrogens is 459 g/mol. The number of hydrogen-bond acceptors (Lipinski definition) is 6. The number of halogens is 3. The number of carbonyl (C=O) groups is 1. The molecule has 2 aliphatic rings. The van der Waals surface area contributed by atoms with Crippen LogP contribution in [0.15, 0.2) is 30.5 Å². The molecule has 10 nitrogen and oxygen atoms in total. The van der Waals surface area contributed by atoms with Crippen molar-refractivity contribution < 1.29 is 32.7 Å². The van der Waals surface area contributed by atoms with Crippen LogP contribution in [0.1, 0.15) is 25.5 Å². The molecule has 3 atom stereocenters. The number of carboxylic acid groups (broad SMARTS) is 1. The van der Waals surface area contributed by atoms with E-state index in [2.05, 4.69) is 4.98 Å². The number of ether oxygens (including phenoxy) is 1. The van der Waals surface area contributed by atoms with Crippen molar-refractivity contribution >= 4 is 11.9 Å². The number of benzene rings is 1. The van der Waals surface area contributed by atoms with E-state index in [-0.39, 0.29) is 38.0 Å². The third-order valence-corrected chi connectivity index (χ3v) is 5.97. The quantitative estimate of drug-likeness (QED) is 0.396. The Kier molecular flexibility index (Phi) is 5.98. The van der Waals surface area contributed by atoms with Crippen LogP contribution in [0, 0.1) is 27.6 Å². The SMILES string of the molecule is CC=C[C@H]1C(c2c(F)cc(F)cc2F)N(CC2(C)Cn3cc([N+](=O)[O-])nc3O2)CCN1C(=O)O. The lowest BCUT2D eigenvalue weighted by Crippen LogP contribution is -2.59. The summed E-state index contributed by atoms with van der Waals surface area (Å²) in [5.74, 6) is -3.71. The molecule has 1 fully saturated rings. The molecule has 1 aromatic carbocycles. The molecule has 1 aromatic heterocycles. The van der Waals surface area contributed by atoms with Crippen molar-refractivity contribution in [3.8, 4) is 6.01 Å². The maximum atomic E-state index is 14.9. The standard InChI is InChI=1S/C21H22F3N5O5/c1-3-4-15-18(17-13(23)7-12(22)8-14(17)24)26(5-6-28(15)20(30)31)10-21(2)11-27-9-16(29(32)33)25-19(27)34-21/h3-4,7-9,15,18H,5-6,10-11H2,1-2H3,(H,30,31)/t15-,18?,21?/m0/s1. The zero-order valence-electron chi connectivity index (χ0n) is 18.3. The normalized spacial score (nSPS) is 24.9. The van der Waals surface area contributed by atoms with E-state index in [0.717, 1.165) is 4.90 Å². The molecule has 0 aliphatic carbocycles. The van der Waals surface area contributed by atoms with E-state index in [9.17, 15) is 33.2 Å². The average Bonchev–Trinajstić information content (AvgIpc) is 3.24. The molecule has 3 heterocycles. The summed E-state index contributed by atoms with van der Waals surface area (Å²) in [5, 5.41) is 20.7. The van der Waals surface area contributed by atoms with E-state index in [1.165, 1.54) is 16.8 Å². The van der Waals surface area contributed by atoms with Crippen LogP contribution in [0.2, 0.25) is 0 Å². The van der Waals surface area contributed by atoms with Crippen molar-refractivity contribution in [2.75, 3.05) is 19.6 Å². The van der Waals surface area contributed by atoms with Crippen LogP contribution in [0.3, 0.4) is 0 Å². The van der Waals surface area contributed by atoms with E-state index in [1.54, 1.807) is 24.8 Å². The number of aromatic nitrogens is 2. The number of amides is 1. The van der Waals surface area contributed by atoms with Crippen LogP contribution < -0.4 is 4.74 Å². The van der Waals surface area contributed by atoms with Gasteiger partial charge in [-0.1, -0.05) is 12.2 Å². The second-order valence-corrected chi connectivity index (χ2v) is 8.51. The summed E-state index contributed by atoms with van der Waals surface area (Å²) in [7, 11) is 0. The predicted octanol–water partition coefficient (Wildman–Crippen LogP) is 3.34. The highest BCUT2D eigenvalue weighted by Gasteiger charge is 2.47. The lowest BCUT2D eigenvalue weighted by Gasteiger charge is -2.47. The number of piperazine rings is 1. The average molecular weight is 481 g/mol. The zero-order chi connectivity index (χ0) is 24.8. The fourth-order valence-corrected chi connectivity index (χ4v) is 4.70. The first-order valence-corrected chi connectivity index (χ1v) is 10.4. The molecule has 0 bridgehead atoms. The minimum absolute atomic E-state index is 0.0408. The first-order chi connectivity index (χ1) is 16.0. The highest BCUT2D eigenvalue weighted by molar-refractivity contribution is 5.66. The second-order valence-electron chi connectivity index (χ2n) is 8.51. The molecule has 13 heteroatoms. The van der Waals surface area contributed by atoms with Crippen LogP contribution in [-0.4, -0.2) is 66.8 Å².